The fourth-order valence-corrected chi connectivity index (χ4v) is 2.24. The molecule has 2 aromatic rings. The highest BCUT2D eigenvalue weighted by molar-refractivity contribution is 6.30. The van der Waals surface area contributed by atoms with Gasteiger partial charge in [-0.15, -0.1) is 0 Å². The van der Waals surface area contributed by atoms with Gasteiger partial charge < -0.3 is 5.73 Å². The third-order valence-corrected chi connectivity index (χ3v) is 3.39. The third-order valence-electron chi connectivity index (χ3n) is 3.15. The van der Waals surface area contributed by atoms with Gasteiger partial charge in [-0.1, -0.05) is 11.6 Å². The summed E-state index contributed by atoms with van der Waals surface area (Å²) in [6.07, 6.45) is 4.26. The normalized spacial score (nSPS) is 14.3. The van der Waals surface area contributed by atoms with Crippen molar-refractivity contribution in [3.63, 3.8) is 0 Å². The fourth-order valence-electron chi connectivity index (χ4n) is 2.06. The summed E-state index contributed by atoms with van der Waals surface area (Å²) in [7, 11) is 0. The van der Waals surface area contributed by atoms with Crippen LogP contribution in [0.4, 0.5) is 5.82 Å². The van der Waals surface area contributed by atoms with E-state index in [-0.39, 0.29) is 0 Å². The van der Waals surface area contributed by atoms with Crippen molar-refractivity contribution in [1.82, 2.24) is 14.8 Å². The van der Waals surface area contributed by atoms with E-state index >= 15 is 0 Å². The zero-order valence-electron chi connectivity index (χ0n) is 10.2. The van der Waals surface area contributed by atoms with Crippen molar-refractivity contribution in [3.05, 3.63) is 40.3 Å². The van der Waals surface area contributed by atoms with Crippen LogP contribution in [0.15, 0.2) is 18.3 Å². The molecule has 1 aliphatic carbocycles. The van der Waals surface area contributed by atoms with E-state index in [1.165, 1.54) is 0 Å². The molecule has 0 bridgehead atoms. The summed E-state index contributed by atoms with van der Waals surface area (Å²) in [5, 5.41) is 14.3. The van der Waals surface area contributed by atoms with Crippen LogP contribution in [-0.4, -0.2) is 14.8 Å². The second-order valence-electron chi connectivity index (χ2n) is 4.64. The van der Waals surface area contributed by atoms with Crippen LogP contribution >= 0.6 is 11.6 Å². The molecule has 96 valence electrons. The Labute approximate surface area is 115 Å². The van der Waals surface area contributed by atoms with E-state index in [1.807, 2.05) is 0 Å². The van der Waals surface area contributed by atoms with Gasteiger partial charge in [-0.05, 0) is 25.0 Å². The Morgan fingerprint density at radius 3 is 2.95 bits per heavy atom. The van der Waals surface area contributed by atoms with Crippen molar-refractivity contribution >= 4 is 17.4 Å². The van der Waals surface area contributed by atoms with E-state index in [1.54, 1.807) is 23.0 Å². The number of anilines is 1. The highest BCUT2D eigenvalue weighted by Gasteiger charge is 2.29. The Morgan fingerprint density at radius 2 is 2.32 bits per heavy atom. The summed E-state index contributed by atoms with van der Waals surface area (Å²) >= 11 is 5.93. The van der Waals surface area contributed by atoms with Gasteiger partial charge in [-0.2, -0.15) is 10.4 Å². The molecule has 19 heavy (non-hydrogen) atoms. The summed E-state index contributed by atoms with van der Waals surface area (Å²) in [5.74, 6) is 0.460. The molecular weight excluding hydrogens is 262 g/mol. The van der Waals surface area contributed by atoms with Gasteiger partial charge in [0.2, 0.25) is 0 Å². The van der Waals surface area contributed by atoms with Crippen molar-refractivity contribution < 1.29 is 0 Å². The molecule has 2 aromatic heterocycles. The van der Waals surface area contributed by atoms with Crippen LogP contribution in [0.25, 0.3) is 0 Å². The van der Waals surface area contributed by atoms with Gasteiger partial charge in [0.25, 0.3) is 0 Å². The zero-order valence-corrected chi connectivity index (χ0v) is 10.9. The first-order valence-corrected chi connectivity index (χ1v) is 6.44. The highest BCUT2D eigenvalue weighted by atomic mass is 35.5. The number of hydrogen-bond acceptors (Lipinski definition) is 4. The largest absolute Gasteiger partial charge is 0.383 e. The second-order valence-corrected chi connectivity index (χ2v) is 5.07. The van der Waals surface area contributed by atoms with E-state index in [9.17, 15) is 5.26 Å². The van der Waals surface area contributed by atoms with Crippen LogP contribution in [0.5, 0.6) is 0 Å². The molecule has 0 atom stereocenters. The molecule has 6 heteroatoms. The van der Waals surface area contributed by atoms with Gasteiger partial charge in [0, 0.05) is 23.3 Å². The summed E-state index contributed by atoms with van der Waals surface area (Å²) in [6, 6.07) is 5.98. The number of hydrogen-bond donors (Lipinski definition) is 1. The number of nitriles is 1. The molecule has 1 fully saturated rings. The molecule has 3 rings (SSSR count). The molecule has 0 radical (unpaired) electrons. The average molecular weight is 274 g/mol. The van der Waals surface area contributed by atoms with E-state index in [0.717, 1.165) is 18.5 Å². The summed E-state index contributed by atoms with van der Waals surface area (Å²) in [6.45, 7) is 0. The topological polar surface area (TPSA) is 80.5 Å². The molecule has 0 unspecified atom stereocenters. The SMILES string of the molecule is N#Cc1c(Cc2cc(Cl)ccn2)nn(C2CC2)c1N. The van der Waals surface area contributed by atoms with Crippen LogP contribution in [-0.2, 0) is 6.42 Å². The second kappa shape index (κ2) is 4.56. The molecule has 5 nitrogen and oxygen atoms in total. The minimum Gasteiger partial charge on any atom is -0.383 e. The third kappa shape index (κ3) is 2.27. The molecule has 0 aromatic carbocycles. The Balaban J connectivity index is 1.96. The summed E-state index contributed by atoms with van der Waals surface area (Å²) in [5.41, 5.74) is 7.87. The lowest BCUT2D eigenvalue weighted by atomic mass is 10.1. The van der Waals surface area contributed by atoms with Crippen LogP contribution in [0.3, 0.4) is 0 Å². The Kier molecular flexibility index (Phi) is 2.88. The summed E-state index contributed by atoms with van der Waals surface area (Å²) in [4.78, 5) is 4.23. The predicted octanol–water partition coefficient (Wildman–Crippen LogP) is 2.31. The quantitative estimate of drug-likeness (QED) is 0.930. The number of aromatic nitrogens is 3. The first-order chi connectivity index (χ1) is 9.19. The van der Waals surface area contributed by atoms with Gasteiger partial charge in [-0.3, -0.25) is 4.98 Å². The average Bonchev–Trinajstić information content (AvgIpc) is 3.16. The van der Waals surface area contributed by atoms with E-state index in [0.29, 0.717) is 34.6 Å². The molecule has 2 heterocycles. The Bertz CT molecular complexity index is 666. The van der Waals surface area contributed by atoms with Crippen LogP contribution in [0.2, 0.25) is 5.02 Å². The fraction of sp³-hybridized carbons (Fsp3) is 0.308. The molecule has 0 aliphatic heterocycles. The van der Waals surface area contributed by atoms with E-state index in [2.05, 4.69) is 16.2 Å². The predicted molar refractivity (Wildman–Crippen MR) is 71.7 cm³/mol. The van der Waals surface area contributed by atoms with Gasteiger partial charge >= 0.3 is 0 Å². The molecule has 1 saturated carbocycles. The van der Waals surface area contributed by atoms with Gasteiger partial charge in [-0.25, -0.2) is 4.68 Å². The van der Waals surface area contributed by atoms with E-state index < -0.39 is 0 Å². The molecule has 2 N–H and O–H groups in total. The number of rotatable bonds is 3. The lowest BCUT2D eigenvalue weighted by Gasteiger charge is -1.99. The number of nitrogens with zero attached hydrogens (tertiary/aromatic N) is 4. The zero-order chi connectivity index (χ0) is 13.4. The minimum absolute atomic E-state index is 0.355. The lowest BCUT2D eigenvalue weighted by Crippen LogP contribution is -2.02. The molecule has 0 spiro atoms. The molecule has 0 amide bonds. The van der Waals surface area contributed by atoms with Crippen molar-refractivity contribution in [1.29, 1.82) is 5.26 Å². The van der Waals surface area contributed by atoms with Crippen LogP contribution < -0.4 is 5.73 Å². The molecule has 1 aliphatic rings. The van der Waals surface area contributed by atoms with Gasteiger partial charge in [0.1, 0.15) is 17.5 Å². The van der Waals surface area contributed by atoms with Crippen molar-refractivity contribution in [3.8, 4) is 6.07 Å². The Morgan fingerprint density at radius 1 is 1.53 bits per heavy atom. The highest BCUT2D eigenvalue weighted by Crippen LogP contribution is 2.37. The number of halogens is 1. The summed E-state index contributed by atoms with van der Waals surface area (Å²) < 4.78 is 1.76. The van der Waals surface area contributed by atoms with E-state index in [4.69, 9.17) is 17.3 Å². The van der Waals surface area contributed by atoms with Crippen LogP contribution in [0, 0.1) is 11.3 Å². The number of pyridine rings is 1. The maximum atomic E-state index is 9.22. The number of nitrogens with two attached hydrogens (primary N) is 1. The van der Waals surface area contributed by atoms with Crippen molar-refractivity contribution in [2.24, 2.45) is 0 Å². The van der Waals surface area contributed by atoms with Gasteiger partial charge in [0.05, 0.1) is 11.7 Å². The first kappa shape index (κ1) is 12.0. The van der Waals surface area contributed by atoms with Gasteiger partial charge in [0.15, 0.2) is 0 Å². The molecule has 0 saturated heterocycles. The maximum absolute atomic E-state index is 9.22. The van der Waals surface area contributed by atoms with Crippen LogP contribution in [0.1, 0.15) is 35.8 Å². The lowest BCUT2D eigenvalue weighted by molar-refractivity contribution is 0.641. The standard InChI is InChI=1S/C13H12ClN5/c14-8-3-4-17-9(5-8)6-12-11(7-15)13(16)19(18-12)10-1-2-10/h3-5,10H,1-2,6,16H2. The molecular formula is C13H12ClN5. The monoisotopic (exact) mass is 273 g/mol. The van der Waals surface area contributed by atoms with Crippen molar-refractivity contribution in [2.45, 2.75) is 25.3 Å². The minimum atomic E-state index is 0.355. The Hall–Kier alpha value is -2.06. The smallest absolute Gasteiger partial charge is 0.140 e. The first-order valence-electron chi connectivity index (χ1n) is 6.06. The maximum Gasteiger partial charge on any atom is 0.140 e. The number of nitrogen functional groups attached to an aromatic ring is 1. The van der Waals surface area contributed by atoms with Crippen molar-refractivity contribution in [2.75, 3.05) is 5.73 Å².